The molecule has 2 aromatic rings. The molecule has 0 radical (unpaired) electrons. The molecular weight excluding hydrogens is 328 g/mol. The van der Waals surface area contributed by atoms with Crippen molar-refractivity contribution in [3.8, 4) is 5.75 Å². The minimum Gasteiger partial charge on any atom is -0.543 e. The van der Waals surface area contributed by atoms with Gasteiger partial charge in [-0.05, 0) is 29.8 Å². The van der Waals surface area contributed by atoms with E-state index in [9.17, 15) is 24.8 Å². The Kier molecular flexibility index (Phi) is 5.47. The van der Waals surface area contributed by atoms with E-state index < -0.39 is 22.5 Å². The molecule has 0 aliphatic rings. The third-order valence-corrected chi connectivity index (χ3v) is 3.21. The Balaban J connectivity index is 2.24. The number of nitro groups is 1. The van der Waals surface area contributed by atoms with E-state index in [0.717, 1.165) is 6.07 Å². The fourth-order valence-electron chi connectivity index (χ4n) is 1.97. The van der Waals surface area contributed by atoms with Crippen molar-refractivity contribution in [2.45, 2.75) is 0 Å². The SMILES string of the molecule is COc1ccc(/C=C(/NC(=O)c2cccc([N+](=O)[O-])c2)C(=O)[O-])cc1. The average molecular weight is 341 g/mol. The number of hydrogen-bond acceptors (Lipinski definition) is 6. The van der Waals surface area contributed by atoms with Gasteiger partial charge in [0, 0.05) is 17.7 Å². The number of carboxylic acid groups (broad SMARTS) is 1. The first-order valence-electron chi connectivity index (χ1n) is 7.03. The van der Waals surface area contributed by atoms with E-state index in [4.69, 9.17) is 4.74 Å². The normalized spacial score (nSPS) is 10.8. The van der Waals surface area contributed by atoms with Crippen molar-refractivity contribution in [3.63, 3.8) is 0 Å². The largest absolute Gasteiger partial charge is 0.543 e. The topological polar surface area (TPSA) is 122 Å². The standard InChI is InChI=1S/C17H14N2O6/c1-25-14-7-5-11(6-8-14)9-15(17(21)22)18-16(20)12-3-2-4-13(10-12)19(23)24/h2-10H,1H3,(H,18,20)(H,21,22)/p-1/b15-9+. The van der Waals surface area contributed by atoms with Crippen LogP contribution in [0.25, 0.3) is 6.08 Å². The highest BCUT2D eigenvalue weighted by atomic mass is 16.6. The number of nitro benzene ring substituents is 1. The van der Waals surface area contributed by atoms with Gasteiger partial charge >= 0.3 is 0 Å². The Hall–Kier alpha value is -3.68. The number of ether oxygens (including phenoxy) is 1. The summed E-state index contributed by atoms with van der Waals surface area (Å²) in [5.41, 5.74) is -0.293. The van der Waals surface area contributed by atoms with Crippen LogP contribution in [0.15, 0.2) is 54.2 Å². The average Bonchev–Trinajstić information content (AvgIpc) is 2.61. The number of amides is 1. The van der Waals surface area contributed by atoms with Gasteiger partial charge in [-0.2, -0.15) is 0 Å². The third kappa shape index (κ3) is 4.64. The third-order valence-electron chi connectivity index (χ3n) is 3.21. The van der Waals surface area contributed by atoms with Gasteiger partial charge in [0.2, 0.25) is 0 Å². The monoisotopic (exact) mass is 341 g/mol. The first-order valence-corrected chi connectivity index (χ1v) is 7.03. The molecule has 0 saturated heterocycles. The van der Waals surface area contributed by atoms with Gasteiger partial charge < -0.3 is 20.0 Å². The molecule has 8 heteroatoms. The Morgan fingerprint density at radius 1 is 1.16 bits per heavy atom. The van der Waals surface area contributed by atoms with Gasteiger partial charge in [0.1, 0.15) is 5.75 Å². The second-order valence-electron chi connectivity index (χ2n) is 4.88. The lowest BCUT2D eigenvalue weighted by Gasteiger charge is -2.11. The summed E-state index contributed by atoms with van der Waals surface area (Å²) in [5, 5.41) is 24.2. The minimum absolute atomic E-state index is 0.0453. The van der Waals surface area contributed by atoms with Crippen molar-refractivity contribution in [1.29, 1.82) is 0 Å². The van der Waals surface area contributed by atoms with Crippen molar-refractivity contribution in [3.05, 3.63) is 75.5 Å². The summed E-state index contributed by atoms with van der Waals surface area (Å²) in [6.07, 6.45) is 1.21. The van der Waals surface area contributed by atoms with Gasteiger partial charge in [-0.3, -0.25) is 14.9 Å². The molecule has 0 aliphatic heterocycles. The van der Waals surface area contributed by atoms with Crippen LogP contribution in [0.3, 0.4) is 0 Å². The van der Waals surface area contributed by atoms with Crippen molar-refractivity contribution < 1.29 is 24.4 Å². The molecule has 0 fully saturated rings. The minimum atomic E-state index is -1.59. The lowest BCUT2D eigenvalue weighted by atomic mass is 10.1. The van der Waals surface area contributed by atoms with E-state index in [1.807, 2.05) is 0 Å². The van der Waals surface area contributed by atoms with E-state index in [0.29, 0.717) is 11.3 Å². The number of aliphatic carboxylic acids is 1. The maximum absolute atomic E-state index is 12.1. The van der Waals surface area contributed by atoms with Crippen molar-refractivity contribution in [2.24, 2.45) is 0 Å². The highest BCUT2D eigenvalue weighted by Crippen LogP contribution is 2.15. The van der Waals surface area contributed by atoms with Gasteiger partial charge in [-0.15, -0.1) is 0 Å². The molecule has 8 nitrogen and oxygen atoms in total. The predicted molar refractivity (Wildman–Crippen MR) is 86.5 cm³/mol. The molecule has 0 aliphatic carbocycles. The van der Waals surface area contributed by atoms with Crippen LogP contribution in [0.2, 0.25) is 0 Å². The molecule has 128 valence electrons. The molecule has 0 unspecified atom stereocenters. The summed E-state index contributed by atoms with van der Waals surface area (Å²) in [4.78, 5) is 33.5. The van der Waals surface area contributed by atoms with Crippen LogP contribution in [0.1, 0.15) is 15.9 Å². The number of methoxy groups -OCH3 is 1. The maximum Gasteiger partial charge on any atom is 0.270 e. The number of nitrogens with one attached hydrogen (secondary N) is 1. The van der Waals surface area contributed by atoms with Crippen molar-refractivity contribution in [1.82, 2.24) is 5.32 Å². The van der Waals surface area contributed by atoms with Gasteiger partial charge in [-0.25, -0.2) is 0 Å². The number of hydrogen-bond donors (Lipinski definition) is 1. The number of rotatable bonds is 6. The summed E-state index contributed by atoms with van der Waals surface area (Å²) in [6, 6.07) is 11.4. The summed E-state index contributed by atoms with van der Waals surface area (Å²) in [7, 11) is 1.50. The summed E-state index contributed by atoms with van der Waals surface area (Å²) >= 11 is 0. The predicted octanol–water partition coefficient (Wildman–Crippen LogP) is 1.12. The summed E-state index contributed by atoms with van der Waals surface area (Å²) in [6.45, 7) is 0. The molecule has 1 amide bonds. The molecule has 0 saturated carbocycles. The van der Waals surface area contributed by atoms with E-state index in [1.165, 1.54) is 31.4 Å². The Labute approximate surface area is 142 Å². The van der Waals surface area contributed by atoms with Crippen molar-refractivity contribution in [2.75, 3.05) is 7.11 Å². The number of benzene rings is 2. The number of nitrogens with zero attached hydrogens (tertiary/aromatic N) is 1. The first-order chi connectivity index (χ1) is 11.9. The van der Waals surface area contributed by atoms with Crippen LogP contribution >= 0.6 is 0 Å². The smallest absolute Gasteiger partial charge is 0.270 e. The fraction of sp³-hybridized carbons (Fsp3) is 0.0588. The lowest BCUT2D eigenvalue weighted by Crippen LogP contribution is -2.35. The molecule has 25 heavy (non-hydrogen) atoms. The Bertz CT molecular complexity index is 842. The first kappa shape index (κ1) is 17.7. The van der Waals surface area contributed by atoms with Gasteiger partial charge in [-0.1, -0.05) is 18.2 Å². The molecule has 2 aromatic carbocycles. The molecule has 2 rings (SSSR count). The summed E-state index contributed by atoms with van der Waals surface area (Å²) < 4.78 is 5.00. The number of carbonyl (C=O) groups excluding carboxylic acids is 2. The van der Waals surface area contributed by atoms with E-state index in [-0.39, 0.29) is 11.3 Å². The fourth-order valence-corrected chi connectivity index (χ4v) is 1.97. The van der Waals surface area contributed by atoms with Crippen LogP contribution < -0.4 is 15.2 Å². The van der Waals surface area contributed by atoms with E-state index in [2.05, 4.69) is 5.32 Å². The Morgan fingerprint density at radius 3 is 2.40 bits per heavy atom. The molecule has 1 N–H and O–H groups in total. The van der Waals surface area contributed by atoms with Gasteiger partial charge in [0.15, 0.2) is 0 Å². The second-order valence-corrected chi connectivity index (χ2v) is 4.88. The lowest BCUT2D eigenvalue weighted by molar-refractivity contribution is -0.384. The van der Waals surface area contributed by atoms with Crippen LogP contribution in [-0.4, -0.2) is 23.9 Å². The quantitative estimate of drug-likeness (QED) is 0.477. The Morgan fingerprint density at radius 2 is 1.84 bits per heavy atom. The number of carbonyl (C=O) groups is 2. The van der Waals surface area contributed by atoms with Gasteiger partial charge in [0.05, 0.1) is 23.7 Å². The van der Waals surface area contributed by atoms with Crippen LogP contribution in [0.5, 0.6) is 5.75 Å². The molecule has 0 atom stereocenters. The van der Waals surface area contributed by atoms with Crippen LogP contribution in [0, 0.1) is 10.1 Å². The molecular formula is C17H13N2O6-. The highest BCUT2D eigenvalue weighted by Gasteiger charge is 2.13. The maximum atomic E-state index is 12.1. The number of carboxylic acids is 1. The highest BCUT2D eigenvalue weighted by molar-refractivity contribution is 6.02. The number of non-ortho nitro benzene ring substituents is 1. The zero-order chi connectivity index (χ0) is 18.4. The molecule has 0 bridgehead atoms. The van der Waals surface area contributed by atoms with Crippen LogP contribution in [0.4, 0.5) is 5.69 Å². The second kappa shape index (κ2) is 7.73. The van der Waals surface area contributed by atoms with Crippen molar-refractivity contribution >= 4 is 23.6 Å². The molecule has 0 aromatic heterocycles. The molecule has 0 heterocycles. The van der Waals surface area contributed by atoms with Gasteiger partial charge in [0.25, 0.3) is 11.6 Å². The van der Waals surface area contributed by atoms with Crippen LogP contribution in [-0.2, 0) is 4.79 Å². The van der Waals surface area contributed by atoms with E-state index >= 15 is 0 Å². The summed E-state index contributed by atoms with van der Waals surface area (Å²) in [5.74, 6) is -1.80. The van der Waals surface area contributed by atoms with E-state index in [1.54, 1.807) is 24.3 Å². The zero-order valence-electron chi connectivity index (χ0n) is 13.1. The zero-order valence-corrected chi connectivity index (χ0v) is 13.1. The molecule has 0 spiro atoms.